The molecule has 0 saturated carbocycles. The molecule has 3 aromatic rings. The van der Waals surface area contributed by atoms with Gasteiger partial charge in [-0.2, -0.15) is 13.8 Å². The highest BCUT2D eigenvalue weighted by molar-refractivity contribution is 6.31. The van der Waals surface area contributed by atoms with Crippen LogP contribution < -0.4 is 14.8 Å². The number of nitrogens with zero attached hydrogens (tertiary/aromatic N) is 3. The van der Waals surface area contributed by atoms with Crippen LogP contribution in [0.2, 0.25) is 5.02 Å². The number of methoxy groups -OCH3 is 1. The number of nitrogens with one attached hydrogen (secondary N) is 1. The van der Waals surface area contributed by atoms with Gasteiger partial charge in [-0.25, -0.2) is 0 Å². The van der Waals surface area contributed by atoms with E-state index in [-0.39, 0.29) is 35.7 Å². The molecule has 2 aromatic carbocycles. The smallest absolute Gasteiger partial charge is 0.387 e. The van der Waals surface area contributed by atoms with E-state index in [0.717, 1.165) is 25.9 Å². The Morgan fingerprint density at radius 1 is 1.21 bits per heavy atom. The van der Waals surface area contributed by atoms with E-state index < -0.39 is 6.61 Å². The van der Waals surface area contributed by atoms with Crippen molar-refractivity contribution in [1.82, 2.24) is 15.0 Å². The first kappa shape index (κ1) is 22.8. The van der Waals surface area contributed by atoms with Crippen LogP contribution in [-0.4, -0.2) is 47.8 Å². The molecule has 0 bridgehead atoms. The Balaban J connectivity index is 1.48. The van der Waals surface area contributed by atoms with E-state index in [0.29, 0.717) is 21.8 Å². The standard InChI is InChI=1S/C22H21ClF2N4O4/c1-31-18-10-13(4-7-17(18)32-22(24)25)20-27-19(33-28-20)12-26-16-6-5-14(23)11-15(16)21(30)29-8-2-3-9-29/h4-7,10-11,22,26H,2-3,8-9,12H2,1H3. The fourth-order valence-corrected chi connectivity index (χ4v) is 3.73. The van der Waals surface area contributed by atoms with Crippen molar-refractivity contribution in [2.45, 2.75) is 26.0 Å². The average Bonchev–Trinajstić information content (AvgIpc) is 3.50. The van der Waals surface area contributed by atoms with Crippen molar-refractivity contribution in [3.8, 4) is 22.9 Å². The SMILES string of the molecule is COc1cc(-c2noc(CNc3ccc(Cl)cc3C(=O)N3CCCC3)n2)ccc1OC(F)F. The number of alkyl halides is 2. The zero-order valence-corrected chi connectivity index (χ0v) is 18.4. The van der Waals surface area contributed by atoms with Crippen LogP contribution >= 0.6 is 11.6 Å². The third kappa shape index (κ3) is 5.33. The first-order valence-electron chi connectivity index (χ1n) is 10.2. The highest BCUT2D eigenvalue weighted by atomic mass is 35.5. The van der Waals surface area contributed by atoms with Crippen molar-refractivity contribution in [2.24, 2.45) is 0 Å². The van der Waals surface area contributed by atoms with Crippen LogP contribution in [-0.2, 0) is 6.54 Å². The average molecular weight is 479 g/mol. The minimum Gasteiger partial charge on any atom is -0.493 e. The number of carbonyl (C=O) groups is 1. The highest BCUT2D eigenvalue weighted by Gasteiger charge is 2.22. The Hall–Kier alpha value is -3.40. The molecule has 1 amide bonds. The Morgan fingerprint density at radius 3 is 2.73 bits per heavy atom. The molecule has 1 fully saturated rings. The quantitative estimate of drug-likeness (QED) is 0.495. The summed E-state index contributed by atoms with van der Waals surface area (Å²) in [6.07, 6.45) is 1.97. The minimum absolute atomic E-state index is 0.0816. The summed E-state index contributed by atoms with van der Waals surface area (Å²) in [4.78, 5) is 19.0. The topological polar surface area (TPSA) is 89.7 Å². The molecule has 174 valence electrons. The molecule has 0 atom stereocenters. The van der Waals surface area contributed by atoms with Gasteiger partial charge in [0.05, 0.1) is 19.2 Å². The predicted molar refractivity (Wildman–Crippen MR) is 117 cm³/mol. The lowest BCUT2D eigenvalue weighted by molar-refractivity contribution is -0.0512. The van der Waals surface area contributed by atoms with E-state index in [1.54, 1.807) is 23.1 Å². The number of benzene rings is 2. The van der Waals surface area contributed by atoms with Gasteiger partial charge in [-0.05, 0) is 49.2 Å². The van der Waals surface area contributed by atoms with E-state index in [1.165, 1.54) is 25.3 Å². The second kappa shape index (κ2) is 10.0. The maximum atomic E-state index is 12.9. The van der Waals surface area contributed by atoms with Crippen LogP contribution in [0, 0.1) is 0 Å². The molecule has 2 heterocycles. The van der Waals surface area contributed by atoms with Crippen molar-refractivity contribution in [3.05, 3.63) is 52.9 Å². The van der Waals surface area contributed by atoms with Gasteiger partial charge in [-0.15, -0.1) is 0 Å². The summed E-state index contributed by atoms with van der Waals surface area (Å²) in [7, 11) is 1.34. The summed E-state index contributed by atoms with van der Waals surface area (Å²) in [5.74, 6) is 0.453. The second-order valence-electron chi connectivity index (χ2n) is 7.30. The maximum Gasteiger partial charge on any atom is 0.387 e. The van der Waals surface area contributed by atoms with Crippen molar-refractivity contribution >= 4 is 23.2 Å². The first-order valence-corrected chi connectivity index (χ1v) is 10.6. The van der Waals surface area contributed by atoms with Gasteiger partial charge >= 0.3 is 6.61 Å². The molecule has 1 saturated heterocycles. The molecule has 33 heavy (non-hydrogen) atoms. The minimum atomic E-state index is -2.97. The Morgan fingerprint density at radius 2 is 2.00 bits per heavy atom. The number of halogens is 3. The van der Waals surface area contributed by atoms with Crippen molar-refractivity contribution in [3.63, 3.8) is 0 Å². The number of rotatable bonds is 8. The largest absolute Gasteiger partial charge is 0.493 e. The fraction of sp³-hybridized carbons (Fsp3) is 0.318. The van der Waals surface area contributed by atoms with Gasteiger partial charge in [0.2, 0.25) is 11.7 Å². The molecule has 0 aliphatic carbocycles. The Bertz CT molecular complexity index is 1140. The van der Waals surface area contributed by atoms with Crippen LogP contribution in [0.5, 0.6) is 11.5 Å². The fourth-order valence-electron chi connectivity index (χ4n) is 3.55. The van der Waals surface area contributed by atoms with E-state index in [4.69, 9.17) is 20.9 Å². The van der Waals surface area contributed by atoms with E-state index in [1.807, 2.05) is 0 Å². The second-order valence-corrected chi connectivity index (χ2v) is 7.74. The lowest BCUT2D eigenvalue weighted by Gasteiger charge is -2.18. The molecule has 0 radical (unpaired) electrons. The maximum absolute atomic E-state index is 12.9. The van der Waals surface area contributed by atoms with Crippen molar-refractivity contribution in [2.75, 3.05) is 25.5 Å². The number of aromatic nitrogens is 2. The molecule has 0 unspecified atom stereocenters. The molecule has 1 aliphatic heterocycles. The summed E-state index contributed by atoms with van der Waals surface area (Å²) in [5.41, 5.74) is 1.58. The summed E-state index contributed by atoms with van der Waals surface area (Å²) in [6.45, 7) is -1.36. The lowest BCUT2D eigenvalue weighted by atomic mass is 10.1. The molecule has 1 N–H and O–H groups in total. The molecule has 8 nitrogen and oxygen atoms in total. The first-order chi connectivity index (χ1) is 15.9. The van der Waals surface area contributed by atoms with E-state index in [2.05, 4.69) is 20.2 Å². The van der Waals surface area contributed by atoms with Crippen LogP contribution in [0.4, 0.5) is 14.5 Å². The van der Waals surface area contributed by atoms with Gasteiger partial charge in [0.25, 0.3) is 5.91 Å². The zero-order chi connectivity index (χ0) is 23.4. The van der Waals surface area contributed by atoms with Gasteiger partial charge in [0, 0.05) is 29.4 Å². The number of hydrogen-bond acceptors (Lipinski definition) is 7. The van der Waals surface area contributed by atoms with E-state index in [9.17, 15) is 13.6 Å². The van der Waals surface area contributed by atoms with Gasteiger partial charge in [-0.3, -0.25) is 4.79 Å². The van der Waals surface area contributed by atoms with Crippen molar-refractivity contribution < 1.29 is 27.6 Å². The zero-order valence-electron chi connectivity index (χ0n) is 17.7. The van der Waals surface area contributed by atoms with Crippen LogP contribution in [0.3, 0.4) is 0 Å². The monoisotopic (exact) mass is 478 g/mol. The number of likely N-dealkylation sites (tertiary alicyclic amines) is 1. The Kier molecular flexibility index (Phi) is 6.93. The van der Waals surface area contributed by atoms with Crippen molar-refractivity contribution in [1.29, 1.82) is 0 Å². The normalized spacial score (nSPS) is 13.4. The molecule has 11 heteroatoms. The summed E-state index contributed by atoms with van der Waals surface area (Å²) in [6, 6.07) is 9.41. The number of hydrogen-bond donors (Lipinski definition) is 1. The van der Waals surface area contributed by atoms with E-state index >= 15 is 0 Å². The lowest BCUT2D eigenvalue weighted by Crippen LogP contribution is -2.28. The molecule has 4 rings (SSSR count). The summed E-state index contributed by atoms with van der Waals surface area (Å²) < 4.78 is 39.9. The van der Waals surface area contributed by atoms with Crippen LogP contribution in [0.25, 0.3) is 11.4 Å². The van der Waals surface area contributed by atoms with Gasteiger partial charge in [0.15, 0.2) is 11.5 Å². The number of ether oxygens (including phenoxy) is 2. The third-order valence-electron chi connectivity index (χ3n) is 5.14. The Labute approximate surface area is 193 Å². The molecule has 1 aromatic heterocycles. The molecule has 0 spiro atoms. The van der Waals surface area contributed by atoms with Crippen LogP contribution in [0.1, 0.15) is 29.1 Å². The summed E-state index contributed by atoms with van der Waals surface area (Å²) in [5, 5.41) is 7.55. The number of carbonyl (C=O) groups excluding carboxylic acids is 1. The number of anilines is 1. The predicted octanol–water partition coefficient (Wildman–Crippen LogP) is 4.85. The molecular weight excluding hydrogens is 458 g/mol. The third-order valence-corrected chi connectivity index (χ3v) is 5.38. The van der Waals surface area contributed by atoms with Gasteiger partial charge < -0.3 is 24.2 Å². The highest BCUT2D eigenvalue weighted by Crippen LogP contribution is 2.32. The van der Waals surface area contributed by atoms with Gasteiger partial charge in [-0.1, -0.05) is 16.8 Å². The summed E-state index contributed by atoms with van der Waals surface area (Å²) >= 11 is 6.12. The number of amides is 1. The molecule has 1 aliphatic rings. The van der Waals surface area contributed by atoms with Gasteiger partial charge in [0.1, 0.15) is 0 Å². The molecular formula is C22H21ClF2N4O4. The van der Waals surface area contributed by atoms with Crippen LogP contribution in [0.15, 0.2) is 40.9 Å².